The molecule has 1 unspecified atom stereocenters. The first-order valence-corrected chi connectivity index (χ1v) is 7.18. The molecule has 1 aliphatic rings. The highest BCUT2D eigenvalue weighted by atomic mass is 16.2. The molecule has 0 bridgehead atoms. The number of amides is 3. The van der Waals surface area contributed by atoms with Gasteiger partial charge in [-0.05, 0) is 24.1 Å². The van der Waals surface area contributed by atoms with E-state index >= 15 is 0 Å². The lowest BCUT2D eigenvalue weighted by molar-refractivity contribution is -0.126. The second kappa shape index (κ2) is 7.04. The number of nitrogens with one attached hydrogen (secondary N) is 1. The minimum atomic E-state index is -0.931. The van der Waals surface area contributed by atoms with Gasteiger partial charge in [0.1, 0.15) is 0 Å². The van der Waals surface area contributed by atoms with Crippen LogP contribution in [0.2, 0.25) is 0 Å². The maximum atomic E-state index is 11.7. The molecule has 7 heteroatoms. The molecule has 0 aromatic heterocycles. The monoisotopic (exact) mass is 304 g/mol. The van der Waals surface area contributed by atoms with Crippen LogP contribution in [0.5, 0.6) is 0 Å². The summed E-state index contributed by atoms with van der Waals surface area (Å²) in [5.41, 5.74) is 12.3. The zero-order chi connectivity index (χ0) is 16.1. The molecule has 2 rings (SSSR count). The average molecular weight is 304 g/mol. The summed E-state index contributed by atoms with van der Waals surface area (Å²) in [5.74, 6) is -0.890. The first kappa shape index (κ1) is 16.0. The Kier molecular flexibility index (Phi) is 5.11. The largest absolute Gasteiger partial charge is 0.370 e. The maximum absolute atomic E-state index is 11.7. The van der Waals surface area contributed by atoms with E-state index in [1.807, 2.05) is 24.3 Å². The summed E-state index contributed by atoms with van der Waals surface area (Å²) in [6.07, 6.45) is 1.30. The van der Waals surface area contributed by atoms with Crippen molar-refractivity contribution in [3.05, 3.63) is 29.8 Å². The molecule has 1 aromatic rings. The van der Waals surface area contributed by atoms with Gasteiger partial charge in [0.2, 0.25) is 17.7 Å². The molecule has 0 aliphatic carbocycles. The Morgan fingerprint density at radius 2 is 1.95 bits per heavy atom. The van der Waals surface area contributed by atoms with Crippen LogP contribution in [-0.4, -0.2) is 30.3 Å². The van der Waals surface area contributed by atoms with Gasteiger partial charge in [-0.1, -0.05) is 12.1 Å². The number of benzene rings is 1. The van der Waals surface area contributed by atoms with Crippen molar-refractivity contribution in [3.63, 3.8) is 0 Å². The third-order valence-electron chi connectivity index (χ3n) is 3.55. The van der Waals surface area contributed by atoms with E-state index in [4.69, 9.17) is 11.5 Å². The Bertz CT molecular complexity index is 571. The van der Waals surface area contributed by atoms with Crippen molar-refractivity contribution in [3.8, 4) is 0 Å². The van der Waals surface area contributed by atoms with Gasteiger partial charge in [0, 0.05) is 25.2 Å². The van der Waals surface area contributed by atoms with Gasteiger partial charge in [-0.3, -0.25) is 14.4 Å². The summed E-state index contributed by atoms with van der Waals surface area (Å²) >= 11 is 0. The van der Waals surface area contributed by atoms with E-state index in [-0.39, 0.29) is 12.3 Å². The summed E-state index contributed by atoms with van der Waals surface area (Å²) < 4.78 is 0. The first-order chi connectivity index (χ1) is 10.5. The predicted octanol–water partition coefficient (Wildman–Crippen LogP) is -0.368. The fraction of sp³-hybridized carbons (Fsp3) is 0.400. The summed E-state index contributed by atoms with van der Waals surface area (Å²) in [6.45, 7) is 1.05. The standard InChI is InChI=1S/C15H20N4O3/c16-12(8-13(17)20)15(22)18-9-10-3-5-11(6-4-10)19-7-1-2-14(19)21/h3-6,12H,1-2,7-9,16H2,(H2,17,20)(H,18,22). The van der Waals surface area contributed by atoms with Gasteiger partial charge in [-0.15, -0.1) is 0 Å². The van der Waals surface area contributed by atoms with Crippen molar-refractivity contribution >= 4 is 23.4 Å². The molecule has 5 N–H and O–H groups in total. The molecule has 0 radical (unpaired) electrons. The molecule has 1 saturated heterocycles. The van der Waals surface area contributed by atoms with Crippen LogP contribution < -0.4 is 21.7 Å². The fourth-order valence-corrected chi connectivity index (χ4v) is 2.34. The normalized spacial score (nSPS) is 15.7. The number of anilines is 1. The number of nitrogens with two attached hydrogens (primary N) is 2. The molecule has 1 atom stereocenters. The molecule has 1 heterocycles. The lowest BCUT2D eigenvalue weighted by Gasteiger charge is -2.16. The van der Waals surface area contributed by atoms with Crippen LogP contribution in [0.15, 0.2) is 24.3 Å². The summed E-state index contributed by atoms with van der Waals surface area (Å²) in [7, 11) is 0. The van der Waals surface area contributed by atoms with Gasteiger partial charge in [0.25, 0.3) is 0 Å². The van der Waals surface area contributed by atoms with Crippen LogP contribution in [0.3, 0.4) is 0 Å². The zero-order valence-electron chi connectivity index (χ0n) is 12.2. The number of nitrogens with zero attached hydrogens (tertiary/aromatic N) is 1. The van der Waals surface area contributed by atoms with Crippen molar-refractivity contribution < 1.29 is 14.4 Å². The van der Waals surface area contributed by atoms with Crippen LogP contribution in [0, 0.1) is 0 Å². The van der Waals surface area contributed by atoms with E-state index in [9.17, 15) is 14.4 Å². The van der Waals surface area contributed by atoms with Crippen LogP contribution in [0.1, 0.15) is 24.8 Å². The Morgan fingerprint density at radius 3 is 2.50 bits per heavy atom. The highest BCUT2D eigenvalue weighted by Crippen LogP contribution is 2.21. The zero-order valence-corrected chi connectivity index (χ0v) is 12.2. The van der Waals surface area contributed by atoms with Crippen molar-refractivity contribution in [2.24, 2.45) is 11.5 Å². The maximum Gasteiger partial charge on any atom is 0.237 e. The molecule has 22 heavy (non-hydrogen) atoms. The van der Waals surface area contributed by atoms with Crippen molar-refractivity contribution in [1.29, 1.82) is 0 Å². The van der Waals surface area contributed by atoms with Crippen LogP contribution in [-0.2, 0) is 20.9 Å². The van der Waals surface area contributed by atoms with E-state index in [0.717, 1.165) is 24.2 Å². The quantitative estimate of drug-likeness (QED) is 0.664. The molecule has 7 nitrogen and oxygen atoms in total. The SMILES string of the molecule is NC(=O)CC(N)C(=O)NCc1ccc(N2CCCC2=O)cc1. The minimum absolute atomic E-state index is 0.137. The van der Waals surface area contributed by atoms with Crippen LogP contribution in [0.4, 0.5) is 5.69 Å². The lowest BCUT2D eigenvalue weighted by Crippen LogP contribution is -2.42. The third-order valence-corrected chi connectivity index (χ3v) is 3.55. The lowest BCUT2D eigenvalue weighted by atomic mass is 10.1. The van der Waals surface area contributed by atoms with E-state index in [1.165, 1.54) is 0 Å². The van der Waals surface area contributed by atoms with Gasteiger partial charge in [-0.2, -0.15) is 0 Å². The minimum Gasteiger partial charge on any atom is -0.370 e. The number of rotatable bonds is 6. The molecule has 118 valence electrons. The van der Waals surface area contributed by atoms with Crippen LogP contribution >= 0.6 is 0 Å². The van der Waals surface area contributed by atoms with E-state index in [1.54, 1.807) is 4.90 Å². The second-order valence-corrected chi connectivity index (χ2v) is 5.31. The number of carbonyl (C=O) groups is 3. The van der Waals surface area contributed by atoms with E-state index in [2.05, 4.69) is 5.32 Å². The van der Waals surface area contributed by atoms with Gasteiger partial charge in [0.15, 0.2) is 0 Å². The summed E-state index contributed by atoms with van der Waals surface area (Å²) in [5, 5.41) is 2.65. The number of hydrogen-bond donors (Lipinski definition) is 3. The summed E-state index contributed by atoms with van der Waals surface area (Å²) in [4.78, 5) is 35.8. The molecule has 1 aromatic carbocycles. The Labute approximate surface area is 128 Å². The molecule has 0 saturated carbocycles. The number of carbonyl (C=O) groups excluding carboxylic acids is 3. The Balaban J connectivity index is 1.87. The van der Waals surface area contributed by atoms with Crippen molar-refractivity contribution in [2.45, 2.75) is 31.8 Å². The van der Waals surface area contributed by atoms with Crippen LogP contribution in [0.25, 0.3) is 0 Å². The Hall–Kier alpha value is -2.41. The second-order valence-electron chi connectivity index (χ2n) is 5.31. The van der Waals surface area contributed by atoms with Crippen molar-refractivity contribution in [1.82, 2.24) is 5.32 Å². The average Bonchev–Trinajstić information content (AvgIpc) is 2.90. The van der Waals surface area contributed by atoms with Gasteiger partial charge >= 0.3 is 0 Å². The van der Waals surface area contributed by atoms with Gasteiger partial charge in [0.05, 0.1) is 12.5 Å². The van der Waals surface area contributed by atoms with Gasteiger partial charge < -0.3 is 21.7 Å². The molecular weight excluding hydrogens is 284 g/mol. The van der Waals surface area contributed by atoms with Gasteiger partial charge in [-0.25, -0.2) is 0 Å². The Morgan fingerprint density at radius 1 is 1.27 bits per heavy atom. The molecule has 1 fully saturated rings. The summed E-state index contributed by atoms with van der Waals surface area (Å²) in [6, 6.07) is 6.47. The fourth-order valence-electron chi connectivity index (χ4n) is 2.34. The number of primary amides is 1. The predicted molar refractivity (Wildman–Crippen MR) is 81.7 cm³/mol. The molecule has 0 spiro atoms. The van der Waals surface area contributed by atoms with E-state index < -0.39 is 17.9 Å². The van der Waals surface area contributed by atoms with E-state index in [0.29, 0.717) is 13.0 Å². The molecular formula is C15H20N4O3. The topological polar surface area (TPSA) is 119 Å². The third kappa shape index (κ3) is 4.05. The first-order valence-electron chi connectivity index (χ1n) is 7.18. The highest BCUT2D eigenvalue weighted by molar-refractivity contribution is 5.95. The number of hydrogen-bond acceptors (Lipinski definition) is 4. The van der Waals surface area contributed by atoms with Crippen molar-refractivity contribution in [2.75, 3.05) is 11.4 Å². The smallest absolute Gasteiger partial charge is 0.237 e. The molecule has 3 amide bonds. The highest BCUT2D eigenvalue weighted by Gasteiger charge is 2.21. The molecule has 1 aliphatic heterocycles.